The molecule has 1 rings (SSSR count). The largest absolute Gasteiger partial charge is 0.495 e. The van der Waals surface area contributed by atoms with Gasteiger partial charge in [-0.25, -0.2) is 9.59 Å². The fraction of sp³-hybridized carbons (Fsp3) is 0.429. The second kappa shape index (κ2) is 9.12. The number of unbranched alkanes of at least 4 members (excludes halogenated alkanes) is 1. The van der Waals surface area contributed by atoms with Gasteiger partial charge in [-0.3, -0.25) is 0 Å². The molecule has 0 aliphatic heterocycles. The van der Waals surface area contributed by atoms with Crippen LogP contribution in [0.4, 0.5) is 10.5 Å². The van der Waals surface area contributed by atoms with Crippen molar-refractivity contribution in [3.05, 3.63) is 23.8 Å². The van der Waals surface area contributed by atoms with E-state index in [1.807, 2.05) is 6.26 Å². The highest BCUT2D eigenvalue weighted by Crippen LogP contribution is 2.25. The monoisotopic (exact) mass is 312 g/mol. The van der Waals surface area contributed by atoms with Gasteiger partial charge < -0.3 is 20.5 Å². The van der Waals surface area contributed by atoms with E-state index >= 15 is 0 Å². The van der Waals surface area contributed by atoms with Crippen molar-refractivity contribution >= 4 is 29.4 Å². The van der Waals surface area contributed by atoms with E-state index < -0.39 is 5.97 Å². The van der Waals surface area contributed by atoms with Gasteiger partial charge >= 0.3 is 12.0 Å². The normalized spacial score (nSPS) is 10.0. The van der Waals surface area contributed by atoms with Crippen LogP contribution in [0.2, 0.25) is 0 Å². The Morgan fingerprint density at radius 1 is 1.33 bits per heavy atom. The van der Waals surface area contributed by atoms with Crippen molar-refractivity contribution in [2.45, 2.75) is 12.8 Å². The molecule has 3 N–H and O–H groups in total. The van der Waals surface area contributed by atoms with Crippen LogP contribution < -0.4 is 15.4 Å². The first-order chi connectivity index (χ1) is 10.1. The first-order valence-corrected chi connectivity index (χ1v) is 7.93. The van der Waals surface area contributed by atoms with Crippen molar-refractivity contribution < 1.29 is 19.4 Å². The number of thioether (sulfide) groups is 1. The fourth-order valence-electron chi connectivity index (χ4n) is 1.68. The van der Waals surface area contributed by atoms with Crippen LogP contribution in [0.1, 0.15) is 23.2 Å². The summed E-state index contributed by atoms with van der Waals surface area (Å²) in [6, 6.07) is 3.93. The maximum atomic E-state index is 11.8. The lowest BCUT2D eigenvalue weighted by Gasteiger charge is -2.12. The van der Waals surface area contributed by atoms with Crippen LogP contribution in [0.25, 0.3) is 0 Å². The van der Waals surface area contributed by atoms with Crippen LogP contribution in [0.15, 0.2) is 18.2 Å². The second-order valence-corrected chi connectivity index (χ2v) is 5.29. The number of anilines is 1. The molecular weight excluding hydrogens is 292 g/mol. The lowest BCUT2D eigenvalue weighted by Crippen LogP contribution is -2.29. The third-order valence-corrected chi connectivity index (χ3v) is 3.45. The number of hydrogen-bond donors (Lipinski definition) is 3. The van der Waals surface area contributed by atoms with Crippen molar-refractivity contribution in [2.24, 2.45) is 0 Å². The van der Waals surface area contributed by atoms with E-state index in [0.717, 1.165) is 18.6 Å². The molecular formula is C14H20N2O4S. The molecule has 0 unspecified atom stereocenters. The molecule has 0 fully saturated rings. The van der Waals surface area contributed by atoms with Crippen LogP contribution in [0, 0.1) is 0 Å². The number of nitrogens with one attached hydrogen (secondary N) is 2. The number of aromatic carboxylic acids is 1. The van der Waals surface area contributed by atoms with Crippen molar-refractivity contribution in [3.8, 4) is 5.75 Å². The Hall–Kier alpha value is -1.89. The Bertz CT molecular complexity index is 494. The third-order valence-electron chi connectivity index (χ3n) is 2.76. The molecule has 0 saturated carbocycles. The summed E-state index contributed by atoms with van der Waals surface area (Å²) in [5, 5.41) is 14.3. The van der Waals surface area contributed by atoms with Gasteiger partial charge in [-0.2, -0.15) is 11.8 Å². The summed E-state index contributed by atoms with van der Waals surface area (Å²) in [5.41, 5.74) is 0.421. The zero-order valence-corrected chi connectivity index (χ0v) is 13.0. The van der Waals surface area contributed by atoms with Gasteiger partial charge in [0.2, 0.25) is 0 Å². The summed E-state index contributed by atoms with van der Waals surface area (Å²) < 4.78 is 5.10. The highest BCUT2D eigenvalue weighted by molar-refractivity contribution is 7.98. The van der Waals surface area contributed by atoms with Gasteiger partial charge in [0.1, 0.15) is 5.75 Å². The number of benzene rings is 1. The highest BCUT2D eigenvalue weighted by atomic mass is 32.2. The van der Waals surface area contributed by atoms with E-state index in [1.54, 1.807) is 11.8 Å². The number of methoxy groups -OCH3 is 1. The van der Waals surface area contributed by atoms with Gasteiger partial charge in [-0.05, 0) is 43.0 Å². The number of carboxylic acid groups (broad SMARTS) is 1. The minimum Gasteiger partial charge on any atom is -0.495 e. The van der Waals surface area contributed by atoms with Crippen LogP contribution in [0.3, 0.4) is 0 Å². The summed E-state index contributed by atoms with van der Waals surface area (Å²) in [7, 11) is 1.46. The summed E-state index contributed by atoms with van der Waals surface area (Å²) in [4.78, 5) is 22.7. The van der Waals surface area contributed by atoms with Crippen molar-refractivity contribution in [3.63, 3.8) is 0 Å². The quantitative estimate of drug-likeness (QED) is 0.642. The molecule has 0 aromatic heterocycles. The van der Waals surface area contributed by atoms with E-state index in [0.29, 0.717) is 18.0 Å². The average Bonchev–Trinajstić information content (AvgIpc) is 2.46. The van der Waals surface area contributed by atoms with Crippen molar-refractivity contribution in [1.29, 1.82) is 0 Å². The van der Waals surface area contributed by atoms with Crippen LogP contribution in [-0.2, 0) is 0 Å². The lowest BCUT2D eigenvalue weighted by atomic mass is 10.2. The molecule has 1 aromatic carbocycles. The van der Waals surface area contributed by atoms with Crippen molar-refractivity contribution in [1.82, 2.24) is 5.32 Å². The molecule has 116 valence electrons. The molecule has 0 aliphatic carbocycles. The van der Waals surface area contributed by atoms with E-state index in [2.05, 4.69) is 10.6 Å². The second-order valence-electron chi connectivity index (χ2n) is 4.30. The molecule has 1 aromatic rings. The van der Waals surface area contributed by atoms with Gasteiger partial charge in [-0.15, -0.1) is 0 Å². The van der Waals surface area contributed by atoms with Gasteiger partial charge in [-0.1, -0.05) is 0 Å². The number of carbonyl (C=O) groups excluding carboxylic acids is 1. The van der Waals surface area contributed by atoms with Gasteiger partial charge in [0.15, 0.2) is 0 Å². The minimum atomic E-state index is -1.06. The molecule has 0 atom stereocenters. The molecule has 0 heterocycles. The summed E-state index contributed by atoms with van der Waals surface area (Å²) in [5.74, 6) is 0.424. The Balaban J connectivity index is 2.57. The maximum Gasteiger partial charge on any atom is 0.335 e. The first kappa shape index (κ1) is 17.2. The molecule has 0 spiro atoms. The Morgan fingerprint density at radius 3 is 2.71 bits per heavy atom. The standard InChI is InChI=1S/C14H20N2O4S/c1-20-12-6-5-10(13(17)18)9-11(12)16-14(19)15-7-3-4-8-21-2/h5-6,9H,3-4,7-8H2,1-2H3,(H,17,18)(H2,15,16,19). The van der Waals surface area contributed by atoms with Gasteiger partial charge in [0.25, 0.3) is 0 Å². The van der Waals surface area contributed by atoms with E-state index in [4.69, 9.17) is 9.84 Å². The van der Waals surface area contributed by atoms with E-state index in [-0.39, 0.29) is 11.6 Å². The molecule has 0 radical (unpaired) electrons. The fourth-order valence-corrected chi connectivity index (χ4v) is 2.17. The number of urea groups is 1. The summed E-state index contributed by atoms with van der Waals surface area (Å²) in [6.07, 6.45) is 3.99. The van der Waals surface area contributed by atoms with E-state index in [9.17, 15) is 9.59 Å². The Labute approximate surface area is 128 Å². The predicted octanol–water partition coefficient (Wildman–Crippen LogP) is 2.66. The molecule has 7 heteroatoms. The highest BCUT2D eigenvalue weighted by Gasteiger charge is 2.11. The molecule has 0 aliphatic rings. The molecule has 0 bridgehead atoms. The van der Waals surface area contributed by atoms with Gasteiger partial charge in [0.05, 0.1) is 18.4 Å². The summed E-state index contributed by atoms with van der Waals surface area (Å²) >= 11 is 1.77. The average molecular weight is 312 g/mol. The topological polar surface area (TPSA) is 87.7 Å². The van der Waals surface area contributed by atoms with Crippen LogP contribution >= 0.6 is 11.8 Å². The number of amides is 2. The zero-order valence-electron chi connectivity index (χ0n) is 12.1. The summed E-state index contributed by atoms with van der Waals surface area (Å²) in [6.45, 7) is 0.577. The Morgan fingerprint density at radius 2 is 2.10 bits per heavy atom. The third kappa shape index (κ3) is 5.95. The lowest BCUT2D eigenvalue weighted by molar-refractivity contribution is 0.0697. The predicted molar refractivity (Wildman–Crippen MR) is 84.6 cm³/mol. The molecule has 21 heavy (non-hydrogen) atoms. The minimum absolute atomic E-state index is 0.0890. The van der Waals surface area contributed by atoms with Crippen LogP contribution in [-0.4, -0.2) is 42.8 Å². The number of carbonyl (C=O) groups is 2. The molecule has 6 nitrogen and oxygen atoms in total. The molecule has 2 amide bonds. The smallest absolute Gasteiger partial charge is 0.335 e. The number of hydrogen-bond acceptors (Lipinski definition) is 4. The zero-order chi connectivity index (χ0) is 15.7. The number of ether oxygens (including phenoxy) is 1. The van der Waals surface area contributed by atoms with Crippen LogP contribution in [0.5, 0.6) is 5.75 Å². The Kier molecular flexibility index (Phi) is 7.45. The first-order valence-electron chi connectivity index (χ1n) is 6.53. The number of rotatable bonds is 8. The molecule has 0 saturated heterocycles. The van der Waals surface area contributed by atoms with Crippen molar-refractivity contribution in [2.75, 3.05) is 31.0 Å². The van der Waals surface area contributed by atoms with E-state index in [1.165, 1.54) is 25.3 Å². The SMILES string of the molecule is COc1ccc(C(=O)O)cc1NC(=O)NCCCCSC. The van der Waals surface area contributed by atoms with Gasteiger partial charge in [0, 0.05) is 6.54 Å². The number of carboxylic acids is 1. The maximum absolute atomic E-state index is 11.8.